The third kappa shape index (κ3) is 6.02. The van der Waals surface area contributed by atoms with Crippen LogP contribution < -0.4 is 31.8 Å². The van der Waals surface area contributed by atoms with Crippen LogP contribution in [0.15, 0.2) is 247 Å². The van der Waals surface area contributed by atoms with Crippen molar-refractivity contribution in [1.29, 1.82) is 0 Å². The van der Waals surface area contributed by atoms with Crippen molar-refractivity contribution in [2.45, 2.75) is 0 Å². The van der Waals surface area contributed by atoms with Crippen molar-refractivity contribution in [2.75, 3.05) is 0 Å². The first-order chi connectivity index (χ1) is 33.0. The van der Waals surface area contributed by atoms with E-state index in [1.807, 2.05) is 133 Å². The number of para-hydroxylation sites is 2. The zero-order valence-corrected chi connectivity index (χ0v) is 37.9. The van der Waals surface area contributed by atoms with Gasteiger partial charge in [0, 0.05) is 75.5 Å². The van der Waals surface area contributed by atoms with Gasteiger partial charge in [-0.25, -0.2) is 0 Å². The average Bonchev–Trinajstić information content (AvgIpc) is 4.06. The van der Waals surface area contributed by atoms with Crippen LogP contribution in [0, 0.1) is 0 Å². The molecule has 67 heavy (non-hydrogen) atoms. The molecule has 0 amide bonds. The van der Waals surface area contributed by atoms with E-state index in [2.05, 4.69) is 118 Å². The smallest absolute Gasteiger partial charge is 0.171 e. The minimum atomic E-state index is -3.35. The highest BCUT2D eigenvalue weighted by Crippen LogP contribution is 2.47. The van der Waals surface area contributed by atoms with E-state index >= 15 is 9.13 Å². The highest BCUT2D eigenvalue weighted by molar-refractivity contribution is 7.85. The summed E-state index contributed by atoms with van der Waals surface area (Å²) in [6, 6.07) is 81.6. The monoisotopic (exact) mass is 898 g/mol. The molecular weight excluding hydrogens is 859 g/mol. The minimum Gasteiger partial charge on any atom is -0.456 e. The van der Waals surface area contributed by atoms with E-state index in [0.29, 0.717) is 0 Å². The highest BCUT2D eigenvalue weighted by atomic mass is 31.2. The summed E-state index contributed by atoms with van der Waals surface area (Å²) in [5.41, 5.74) is 7.78. The summed E-state index contributed by atoms with van der Waals surface area (Å²) in [6.45, 7) is 0. The SMILES string of the molecule is O=P(c1ccccc1)(c1ccccc1)c1ccc2c(c1)c1cc(P(=O)(c3ccccc3)c3ccccc3)ccc1n2-c1ccc2oc3ccc(-n4c5ccccc5c5ccccc54)cc3c2c1. The maximum atomic E-state index is 15.9. The van der Waals surface area contributed by atoms with E-state index in [0.717, 1.165) is 98.0 Å². The molecule has 0 bridgehead atoms. The second-order valence-electron chi connectivity index (χ2n) is 17.1. The van der Waals surface area contributed by atoms with Crippen molar-refractivity contribution in [1.82, 2.24) is 9.13 Å². The number of aromatic nitrogens is 2. The molecule has 0 atom stereocenters. The molecule has 0 radical (unpaired) electrons. The first-order valence-electron chi connectivity index (χ1n) is 22.5. The Morgan fingerprint density at radius 2 is 0.597 bits per heavy atom. The van der Waals surface area contributed by atoms with Crippen molar-refractivity contribution in [3.63, 3.8) is 0 Å². The second-order valence-corrected chi connectivity index (χ2v) is 22.7. The van der Waals surface area contributed by atoms with E-state index in [1.54, 1.807) is 0 Å². The number of fused-ring (bicyclic) bond motifs is 9. The van der Waals surface area contributed by atoms with E-state index < -0.39 is 14.3 Å². The first kappa shape index (κ1) is 39.4. The molecule has 0 aliphatic heterocycles. The third-order valence-corrected chi connectivity index (χ3v) is 19.6. The Balaban J connectivity index is 1.06. The van der Waals surface area contributed by atoms with Gasteiger partial charge in [-0.05, 0) is 84.9 Å². The lowest BCUT2D eigenvalue weighted by molar-refractivity contribution is 0.591. The molecule has 0 unspecified atom stereocenters. The molecule has 0 aliphatic carbocycles. The van der Waals surface area contributed by atoms with Crippen molar-refractivity contribution in [2.24, 2.45) is 0 Å². The summed E-state index contributed by atoms with van der Waals surface area (Å²) in [7, 11) is -6.70. The van der Waals surface area contributed by atoms with Crippen LogP contribution in [0.1, 0.15) is 0 Å². The van der Waals surface area contributed by atoms with E-state index in [1.165, 1.54) is 10.8 Å². The summed E-state index contributed by atoms with van der Waals surface area (Å²) >= 11 is 0. The van der Waals surface area contributed by atoms with Crippen molar-refractivity contribution < 1.29 is 13.5 Å². The molecule has 318 valence electrons. The van der Waals surface area contributed by atoms with E-state index in [9.17, 15) is 0 Å². The summed E-state index contributed by atoms with van der Waals surface area (Å²) in [5, 5.41) is 10.8. The van der Waals surface area contributed by atoms with Crippen LogP contribution in [0.5, 0.6) is 0 Å². The van der Waals surface area contributed by atoms with Gasteiger partial charge in [0.05, 0.1) is 22.1 Å². The zero-order chi connectivity index (χ0) is 44.7. The van der Waals surface area contributed by atoms with E-state index in [-0.39, 0.29) is 0 Å². The maximum Gasteiger partial charge on any atom is 0.171 e. The number of nitrogens with zero attached hydrogens (tertiary/aromatic N) is 2. The molecule has 10 aromatic carbocycles. The van der Waals surface area contributed by atoms with Crippen LogP contribution in [0.4, 0.5) is 0 Å². The lowest BCUT2D eigenvalue weighted by Crippen LogP contribution is -2.25. The molecule has 5 nitrogen and oxygen atoms in total. The third-order valence-electron chi connectivity index (χ3n) is 13.5. The van der Waals surface area contributed by atoms with Gasteiger partial charge in [-0.2, -0.15) is 0 Å². The van der Waals surface area contributed by atoms with Gasteiger partial charge in [-0.3, -0.25) is 0 Å². The van der Waals surface area contributed by atoms with Crippen LogP contribution in [0.2, 0.25) is 0 Å². The number of benzene rings is 10. The molecule has 0 aliphatic rings. The van der Waals surface area contributed by atoms with Crippen LogP contribution in [0.3, 0.4) is 0 Å². The largest absolute Gasteiger partial charge is 0.456 e. The maximum absolute atomic E-state index is 15.9. The second kappa shape index (κ2) is 15.3. The zero-order valence-electron chi connectivity index (χ0n) is 36.1. The fourth-order valence-corrected chi connectivity index (χ4v) is 15.7. The molecule has 7 heteroatoms. The van der Waals surface area contributed by atoms with Gasteiger partial charge in [0.25, 0.3) is 0 Å². The average molecular weight is 899 g/mol. The fourth-order valence-electron chi connectivity index (χ4n) is 10.3. The van der Waals surface area contributed by atoms with Gasteiger partial charge < -0.3 is 22.7 Å². The molecule has 13 aromatic rings. The first-order valence-corrected chi connectivity index (χ1v) is 25.9. The Hall–Kier alpha value is -7.94. The molecule has 0 saturated carbocycles. The van der Waals surface area contributed by atoms with Crippen LogP contribution in [-0.4, -0.2) is 9.13 Å². The van der Waals surface area contributed by atoms with Crippen molar-refractivity contribution >= 4 is 112 Å². The quantitative estimate of drug-likeness (QED) is 0.143. The number of hydrogen-bond donors (Lipinski definition) is 0. The Morgan fingerprint density at radius 3 is 0.970 bits per heavy atom. The fraction of sp³-hybridized carbons (Fsp3) is 0. The van der Waals surface area contributed by atoms with E-state index in [4.69, 9.17) is 4.42 Å². The van der Waals surface area contributed by atoms with Crippen LogP contribution in [-0.2, 0) is 9.13 Å². The normalized spacial score (nSPS) is 12.3. The van der Waals surface area contributed by atoms with Gasteiger partial charge in [-0.1, -0.05) is 158 Å². The van der Waals surface area contributed by atoms with Gasteiger partial charge in [0.2, 0.25) is 0 Å². The van der Waals surface area contributed by atoms with Gasteiger partial charge in [0.15, 0.2) is 14.3 Å². The molecule has 0 spiro atoms. The number of hydrogen-bond acceptors (Lipinski definition) is 3. The lowest BCUT2D eigenvalue weighted by atomic mass is 10.1. The number of rotatable bonds is 8. The predicted molar refractivity (Wildman–Crippen MR) is 281 cm³/mol. The summed E-state index contributed by atoms with van der Waals surface area (Å²) < 4.78 is 43.0. The highest BCUT2D eigenvalue weighted by Gasteiger charge is 2.33. The van der Waals surface area contributed by atoms with Crippen LogP contribution in [0.25, 0.3) is 76.9 Å². The van der Waals surface area contributed by atoms with Crippen molar-refractivity contribution in [3.8, 4) is 11.4 Å². The standard InChI is InChI=1S/C60H40N2O3P2/c63-66(43-17-5-1-6-18-43,44-19-7-2-8-20-44)47-31-33-57-51(39-47)52-40-48(67(64,45-21-9-3-10-22-45)46-23-11-4-12-24-46)32-34-58(52)62(57)42-30-36-60-54(38-42)53-37-41(29-35-59(53)65-60)61-55-27-15-13-25-49(55)50-26-14-16-28-56(50)61/h1-40H. The molecule has 0 N–H and O–H groups in total. The van der Waals surface area contributed by atoms with Crippen LogP contribution >= 0.6 is 14.3 Å². The molecular formula is C60H40N2O3P2. The Morgan fingerprint density at radius 1 is 0.269 bits per heavy atom. The van der Waals surface area contributed by atoms with Gasteiger partial charge >= 0.3 is 0 Å². The summed E-state index contributed by atoms with van der Waals surface area (Å²) in [6.07, 6.45) is 0. The summed E-state index contributed by atoms with van der Waals surface area (Å²) in [4.78, 5) is 0. The molecule has 13 rings (SSSR count). The lowest BCUT2D eigenvalue weighted by Gasteiger charge is -2.20. The predicted octanol–water partition coefficient (Wildman–Crippen LogP) is 13.1. The molecule has 3 aromatic heterocycles. The summed E-state index contributed by atoms with van der Waals surface area (Å²) in [5.74, 6) is 0. The molecule has 3 heterocycles. The van der Waals surface area contributed by atoms with Crippen molar-refractivity contribution in [3.05, 3.63) is 243 Å². The topological polar surface area (TPSA) is 57.1 Å². The molecule has 0 saturated heterocycles. The Bertz CT molecular complexity index is 3860. The minimum absolute atomic E-state index is 0.727. The number of furan rings is 1. The van der Waals surface area contributed by atoms with Gasteiger partial charge in [0.1, 0.15) is 11.2 Å². The van der Waals surface area contributed by atoms with Gasteiger partial charge in [-0.15, -0.1) is 0 Å². The Kier molecular flexibility index (Phi) is 9.02. The molecule has 0 fully saturated rings. The Labute approximate surface area is 386 Å².